The summed E-state index contributed by atoms with van der Waals surface area (Å²) in [6.45, 7) is 0. The number of fused-ring (bicyclic) bond motifs is 12. The van der Waals surface area contributed by atoms with Gasteiger partial charge in [0.15, 0.2) is 0 Å². The Bertz CT molecular complexity index is 3800. The second-order valence-electron chi connectivity index (χ2n) is 15.5. The average molecular weight is 737 g/mol. The van der Waals surface area contributed by atoms with Crippen molar-refractivity contribution in [2.45, 2.75) is 0 Å². The van der Waals surface area contributed by atoms with E-state index in [9.17, 15) is 0 Å². The van der Waals surface area contributed by atoms with Gasteiger partial charge in [0.05, 0.1) is 5.39 Å². The highest BCUT2D eigenvalue weighted by Crippen LogP contribution is 2.50. The van der Waals surface area contributed by atoms with Crippen LogP contribution in [0, 0.1) is 0 Å². The van der Waals surface area contributed by atoms with Gasteiger partial charge in [-0.3, -0.25) is 0 Å². The highest BCUT2D eigenvalue weighted by Gasteiger charge is 2.24. The molecule has 0 saturated heterocycles. The van der Waals surface area contributed by atoms with E-state index >= 15 is 0 Å². The third kappa shape index (κ3) is 4.37. The Morgan fingerprint density at radius 1 is 0.259 bits per heavy atom. The van der Waals surface area contributed by atoms with Gasteiger partial charge in [-0.25, -0.2) is 0 Å². The fourth-order valence-corrected chi connectivity index (χ4v) is 9.92. The maximum Gasteiger partial charge on any atom is 0.147 e. The van der Waals surface area contributed by atoms with Gasteiger partial charge < -0.3 is 8.83 Å². The first kappa shape index (κ1) is 31.5. The molecule has 0 radical (unpaired) electrons. The molecule has 2 heterocycles. The van der Waals surface area contributed by atoms with Gasteiger partial charge in [-0.1, -0.05) is 164 Å². The number of furan rings is 2. The van der Waals surface area contributed by atoms with Gasteiger partial charge in [-0.15, -0.1) is 0 Å². The molecule has 0 aliphatic carbocycles. The molecule has 11 aromatic carbocycles. The summed E-state index contributed by atoms with van der Waals surface area (Å²) in [7, 11) is 0. The van der Waals surface area contributed by atoms with Gasteiger partial charge in [0.25, 0.3) is 0 Å². The smallest absolute Gasteiger partial charge is 0.147 e. The number of para-hydroxylation sites is 1. The Hall–Kier alpha value is -7.68. The number of benzene rings is 11. The van der Waals surface area contributed by atoms with E-state index in [1.165, 1.54) is 65.3 Å². The van der Waals surface area contributed by atoms with Gasteiger partial charge in [-0.05, 0) is 112 Å². The van der Waals surface area contributed by atoms with Crippen molar-refractivity contribution in [2.75, 3.05) is 0 Å². The Morgan fingerprint density at radius 3 is 1.50 bits per heavy atom. The molecule has 2 nitrogen and oxygen atoms in total. The van der Waals surface area contributed by atoms with Crippen LogP contribution in [0.5, 0.6) is 0 Å². The zero-order valence-corrected chi connectivity index (χ0v) is 31.3. The van der Waals surface area contributed by atoms with E-state index in [0.717, 1.165) is 65.8 Å². The molecule has 13 aromatic rings. The van der Waals surface area contributed by atoms with E-state index in [0.29, 0.717) is 0 Å². The molecule has 0 unspecified atom stereocenters. The van der Waals surface area contributed by atoms with Crippen LogP contribution in [-0.4, -0.2) is 0 Å². The summed E-state index contributed by atoms with van der Waals surface area (Å²) in [4.78, 5) is 0. The minimum absolute atomic E-state index is 0.823. The Labute approximate surface area is 332 Å². The zero-order chi connectivity index (χ0) is 37.9. The molecule has 0 spiro atoms. The monoisotopic (exact) mass is 736 g/mol. The predicted octanol–water partition coefficient (Wildman–Crippen LogP) is 16.3. The summed E-state index contributed by atoms with van der Waals surface area (Å²) in [5.74, 6) is 0. The molecule has 0 atom stereocenters. The van der Waals surface area contributed by atoms with Gasteiger partial charge in [0, 0.05) is 21.7 Å². The Morgan fingerprint density at radius 2 is 0.793 bits per heavy atom. The van der Waals surface area contributed by atoms with Crippen molar-refractivity contribution in [3.63, 3.8) is 0 Å². The first-order valence-corrected chi connectivity index (χ1v) is 19.9. The third-order valence-electron chi connectivity index (χ3n) is 12.4. The van der Waals surface area contributed by atoms with E-state index in [4.69, 9.17) is 8.83 Å². The van der Waals surface area contributed by atoms with Crippen LogP contribution in [0.1, 0.15) is 0 Å². The van der Waals surface area contributed by atoms with Crippen LogP contribution < -0.4 is 0 Å². The molecule has 0 amide bonds. The normalized spacial score (nSPS) is 12.1. The lowest BCUT2D eigenvalue weighted by molar-refractivity contribution is 0.663. The van der Waals surface area contributed by atoms with Crippen molar-refractivity contribution in [1.82, 2.24) is 0 Å². The first-order chi connectivity index (χ1) is 28.8. The van der Waals surface area contributed by atoms with Crippen molar-refractivity contribution in [3.8, 4) is 33.4 Å². The molecular weight excluding hydrogens is 705 g/mol. The van der Waals surface area contributed by atoms with Crippen molar-refractivity contribution in [2.24, 2.45) is 0 Å². The number of hydrogen-bond donors (Lipinski definition) is 0. The molecule has 0 fully saturated rings. The molecule has 0 saturated carbocycles. The Kier molecular flexibility index (Phi) is 6.47. The third-order valence-corrected chi connectivity index (χ3v) is 12.4. The predicted molar refractivity (Wildman–Crippen MR) is 245 cm³/mol. The summed E-state index contributed by atoms with van der Waals surface area (Å²) in [6, 6.07) is 70.4. The van der Waals surface area contributed by atoms with Crippen LogP contribution in [0.3, 0.4) is 0 Å². The van der Waals surface area contributed by atoms with E-state index in [2.05, 4.69) is 182 Å². The number of rotatable bonds is 3. The lowest BCUT2D eigenvalue weighted by atomic mass is 9.83. The Balaban J connectivity index is 1.11. The lowest BCUT2D eigenvalue weighted by Gasteiger charge is -2.20. The maximum atomic E-state index is 6.95. The second-order valence-corrected chi connectivity index (χ2v) is 15.5. The first-order valence-electron chi connectivity index (χ1n) is 19.9. The minimum Gasteiger partial charge on any atom is -0.455 e. The van der Waals surface area contributed by atoms with Crippen LogP contribution in [0.4, 0.5) is 0 Å². The van der Waals surface area contributed by atoms with Gasteiger partial charge in [0.2, 0.25) is 0 Å². The van der Waals surface area contributed by atoms with Crippen molar-refractivity contribution < 1.29 is 8.83 Å². The van der Waals surface area contributed by atoms with Crippen molar-refractivity contribution in [3.05, 3.63) is 194 Å². The van der Waals surface area contributed by atoms with Crippen LogP contribution in [0.15, 0.2) is 203 Å². The fourth-order valence-electron chi connectivity index (χ4n) is 9.92. The molecule has 0 aliphatic heterocycles. The van der Waals surface area contributed by atoms with E-state index in [-0.39, 0.29) is 0 Å². The topological polar surface area (TPSA) is 26.3 Å². The minimum atomic E-state index is 0.823. The maximum absolute atomic E-state index is 6.95. The molecular formula is C56H32O2. The molecule has 0 N–H and O–H groups in total. The van der Waals surface area contributed by atoms with Crippen LogP contribution in [0.2, 0.25) is 0 Å². The highest BCUT2D eigenvalue weighted by atomic mass is 16.3. The lowest BCUT2D eigenvalue weighted by Crippen LogP contribution is -1.93. The number of hydrogen-bond acceptors (Lipinski definition) is 2. The van der Waals surface area contributed by atoms with Crippen LogP contribution >= 0.6 is 0 Å². The molecule has 2 heteroatoms. The molecule has 58 heavy (non-hydrogen) atoms. The molecule has 268 valence electrons. The fraction of sp³-hybridized carbons (Fsp3) is 0. The largest absolute Gasteiger partial charge is 0.455 e. The van der Waals surface area contributed by atoms with E-state index in [1.54, 1.807) is 0 Å². The molecule has 0 bridgehead atoms. The summed E-state index contributed by atoms with van der Waals surface area (Å²) in [5, 5.41) is 16.4. The highest BCUT2D eigenvalue weighted by molar-refractivity contribution is 6.29. The molecule has 13 rings (SSSR count). The van der Waals surface area contributed by atoms with Crippen LogP contribution in [-0.2, 0) is 0 Å². The zero-order valence-electron chi connectivity index (χ0n) is 31.3. The van der Waals surface area contributed by atoms with E-state index in [1.807, 2.05) is 12.1 Å². The molecule has 2 aromatic heterocycles. The van der Waals surface area contributed by atoms with Gasteiger partial charge in [-0.2, -0.15) is 0 Å². The van der Waals surface area contributed by atoms with Crippen LogP contribution in [0.25, 0.3) is 131 Å². The second kappa shape index (κ2) is 11.9. The van der Waals surface area contributed by atoms with Crippen molar-refractivity contribution >= 4 is 97.7 Å². The quantitative estimate of drug-likeness (QED) is 0.169. The summed E-state index contributed by atoms with van der Waals surface area (Å²) in [6.07, 6.45) is 0. The van der Waals surface area contributed by atoms with Crippen molar-refractivity contribution in [1.29, 1.82) is 0 Å². The average Bonchev–Trinajstić information content (AvgIpc) is 3.85. The summed E-state index contributed by atoms with van der Waals surface area (Å²) in [5.41, 5.74) is 10.6. The SMILES string of the molecule is c1ccc2cc(-c3c4ccccc4c(-c4ccc(-c5c6ccccc6cc6c5oc5ccc7c8ccccc8oc7c56)c5ccccc45)c4ccccc34)ccc2c1. The summed E-state index contributed by atoms with van der Waals surface area (Å²) < 4.78 is 13.5. The standard InChI is InChI=1S/C56H32O2/c1-2-14-34-31-36(26-25-33(34)13-1)51-41-20-7-9-22-43(41)52(44-23-10-8-21-42(44)51)45-27-28-46(39-18-6-5-17-38(39)45)53-37-16-4-3-15-35(37)32-48-54-50(58-56(48)53)30-29-47-40-19-11-12-24-49(40)57-55(47)54/h1-32H. The molecule has 0 aliphatic rings. The van der Waals surface area contributed by atoms with Gasteiger partial charge in [0.1, 0.15) is 22.3 Å². The van der Waals surface area contributed by atoms with Gasteiger partial charge >= 0.3 is 0 Å². The summed E-state index contributed by atoms with van der Waals surface area (Å²) >= 11 is 0. The van der Waals surface area contributed by atoms with E-state index < -0.39 is 0 Å².